The Kier molecular flexibility index (Phi) is 6.17. The van der Waals surface area contributed by atoms with Crippen LogP contribution in [0.1, 0.15) is 12.5 Å². The number of sulfonamides is 1. The predicted molar refractivity (Wildman–Crippen MR) is 99.0 cm³/mol. The Morgan fingerprint density at radius 2 is 1.76 bits per heavy atom. The molecular weight excluding hydrogens is 383 g/mol. The minimum Gasteiger partial charge on any atom is -0.495 e. The molecule has 0 spiro atoms. The highest BCUT2D eigenvalue weighted by Gasteiger charge is 2.28. The molecule has 0 amide bonds. The number of nitriles is 1. The normalized spacial score (nSPS) is 11.0. The molecule has 132 valence electrons. The molecule has 2 aromatic carbocycles. The molecule has 2 aromatic rings. The number of benzene rings is 2. The van der Waals surface area contributed by atoms with Crippen LogP contribution in [0.4, 0.5) is 5.69 Å². The summed E-state index contributed by atoms with van der Waals surface area (Å²) in [6.45, 7) is 1.93. The molecule has 5 nitrogen and oxygen atoms in total. The second-order valence-corrected chi connectivity index (χ2v) is 7.65. The van der Waals surface area contributed by atoms with Crippen molar-refractivity contribution in [3.63, 3.8) is 0 Å². The van der Waals surface area contributed by atoms with Crippen LogP contribution in [0.25, 0.3) is 0 Å². The van der Waals surface area contributed by atoms with Gasteiger partial charge in [-0.25, -0.2) is 8.42 Å². The van der Waals surface area contributed by atoms with Crippen LogP contribution in [0.3, 0.4) is 0 Å². The Balaban J connectivity index is 2.49. The molecule has 25 heavy (non-hydrogen) atoms. The number of methoxy groups -OCH3 is 1. The number of hydrogen-bond acceptors (Lipinski definition) is 4. The van der Waals surface area contributed by atoms with Crippen LogP contribution < -0.4 is 9.04 Å². The molecule has 0 N–H and O–H groups in total. The van der Waals surface area contributed by atoms with Crippen molar-refractivity contribution < 1.29 is 13.2 Å². The zero-order chi connectivity index (χ0) is 18.6. The van der Waals surface area contributed by atoms with Gasteiger partial charge < -0.3 is 4.74 Å². The van der Waals surface area contributed by atoms with Gasteiger partial charge in [0.2, 0.25) is 0 Å². The molecule has 2 rings (SSSR count). The highest BCUT2D eigenvalue weighted by molar-refractivity contribution is 7.93. The van der Waals surface area contributed by atoms with Gasteiger partial charge in [0.15, 0.2) is 0 Å². The van der Waals surface area contributed by atoms with E-state index >= 15 is 0 Å². The molecule has 0 radical (unpaired) electrons. The molecule has 0 bridgehead atoms. The standard InChI is InChI=1S/C17H16Cl2N2O3S/c1-3-21(13-6-4-12(5-7-13)10-11-20)25(22,23)15-9-8-14(24-2)16(18)17(15)19/h4-9H,3,10H2,1-2H3. The largest absolute Gasteiger partial charge is 0.495 e. The third-order valence-corrected chi connectivity index (χ3v) is 6.52. The fourth-order valence-electron chi connectivity index (χ4n) is 2.35. The topological polar surface area (TPSA) is 70.4 Å². The number of nitrogens with zero attached hydrogens (tertiary/aromatic N) is 2. The highest BCUT2D eigenvalue weighted by Crippen LogP contribution is 2.38. The van der Waals surface area contributed by atoms with Crippen molar-refractivity contribution in [1.29, 1.82) is 5.26 Å². The number of hydrogen-bond donors (Lipinski definition) is 0. The van der Waals surface area contributed by atoms with Crippen molar-refractivity contribution in [3.8, 4) is 11.8 Å². The summed E-state index contributed by atoms with van der Waals surface area (Å²) in [5.74, 6) is 0.300. The molecule has 0 aliphatic heterocycles. The molecule has 0 atom stereocenters. The van der Waals surface area contributed by atoms with Crippen LogP contribution in [0.5, 0.6) is 5.75 Å². The van der Waals surface area contributed by atoms with Crippen LogP contribution in [-0.2, 0) is 16.4 Å². The Labute approximate surface area is 157 Å². The van der Waals surface area contributed by atoms with E-state index < -0.39 is 10.0 Å². The van der Waals surface area contributed by atoms with E-state index in [1.165, 1.54) is 23.5 Å². The minimum atomic E-state index is -3.91. The second-order valence-electron chi connectivity index (χ2n) is 5.07. The number of ether oxygens (including phenoxy) is 1. The Bertz CT molecular complexity index is 907. The zero-order valence-corrected chi connectivity index (χ0v) is 16.0. The first kappa shape index (κ1) is 19.4. The van der Waals surface area contributed by atoms with Crippen LogP contribution in [0, 0.1) is 11.3 Å². The first-order valence-electron chi connectivity index (χ1n) is 7.37. The van der Waals surface area contributed by atoms with E-state index in [-0.39, 0.29) is 27.9 Å². The number of halogens is 2. The average molecular weight is 399 g/mol. The molecule has 0 saturated heterocycles. The van der Waals surface area contributed by atoms with Crippen LogP contribution in [0.2, 0.25) is 10.0 Å². The van der Waals surface area contributed by atoms with E-state index in [1.54, 1.807) is 31.2 Å². The maximum absolute atomic E-state index is 13.0. The third-order valence-electron chi connectivity index (χ3n) is 3.59. The molecule has 0 fully saturated rings. The molecule has 0 aliphatic carbocycles. The van der Waals surface area contributed by atoms with Gasteiger partial charge in [0.1, 0.15) is 15.7 Å². The van der Waals surface area contributed by atoms with Crippen LogP contribution in [-0.4, -0.2) is 22.1 Å². The summed E-state index contributed by atoms with van der Waals surface area (Å²) < 4.78 is 32.4. The van der Waals surface area contributed by atoms with Crippen molar-refractivity contribution in [2.45, 2.75) is 18.2 Å². The van der Waals surface area contributed by atoms with Crippen molar-refractivity contribution in [1.82, 2.24) is 0 Å². The molecule has 0 unspecified atom stereocenters. The van der Waals surface area contributed by atoms with Crippen molar-refractivity contribution >= 4 is 38.9 Å². The summed E-state index contributed by atoms with van der Waals surface area (Å²) in [7, 11) is -2.49. The van der Waals surface area contributed by atoms with Gasteiger partial charge in [0.25, 0.3) is 10.0 Å². The number of anilines is 1. The Morgan fingerprint density at radius 1 is 1.12 bits per heavy atom. The fraction of sp³-hybridized carbons (Fsp3) is 0.235. The van der Waals surface area contributed by atoms with E-state index in [4.69, 9.17) is 33.2 Å². The van der Waals surface area contributed by atoms with E-state index in [0.717, 1.165) is 5.56 Å². The first-order chi connectivity index (χ1) is 11.9. The quantitative estimate of drug-likeness (QED) is 0.727. The van der Waals surface area contributed by atoms with E-state index in [1.807, 2.05) is 0 Å². The smallest absolute Gasteiger partial charge is 0.265 e. The molecule has 8 heteroatoms. The van der Waals surface area contributed by atoms with E-state index in [9.17, 15) is 8.42 Å². The second kappa shape index (κ2) is 7.96. The van der Waals surface area contributed by atoms with Crippen molar-refractivity contribution in [2.75, 3.05) is 18.0 Å². The molecule has 0 aromatic heterocycles. The maximum Gasteiger partial charge on any atom is 0.265 e. The summed E-state index contributed by atoms with van der Waals surface area (Å²) in [4.78, 5) is -0.0945. The predicted octanol–water partition coefficient (Wildman–Crippen LogP) is 4.28. The Morgan fingerprint density at radius 3 is 2.28 bits per heavy atom. The SMILES string of the molecule is CCN(c1ccc(CC#N)cc1)S(=O)(=O)c1ccc(OC)c(Cl)c1Cl. The van der Waals surface area contributed by atoms with Gasteiger partial charge in [-0.3, -0.25) is 4.31 Å². The van der Waals surface area contributed by atoms with Gasteiger partial charge >= 0.3 is 0 Å². The zero-order valence-electron chi connectivity index (χ0n) is 13.7. The van der Waals surface area contributed by atoms with E-state index in [0.29, 0.717) is 11.4 Å². The average Bonchev–Trinajstić information content (AvgIpc) is 2.59. The van der Waals surface area contributed by atoms with Gasteiger partial charge in [0.05, 0.1) is 30.3 Å². The van der Waals surface area contributed by atoms with Crippen LogP contribution >= 0.6 is 23.2 Å². The van der Waals surface area contributed by atoms with Gasteiger partial charge in [-0.05, 0) is 36.8 Å². The fourth-order valence-corrected chi connectivity index (χ4v) is 4.64. The molecule has 0 saturated carbocycles. The Hall–Kier alpha value is -1.94. The summed E-state index contributed by atoms with van der Waals surface area (Å²) in [5, 5.41) is 8.69. The monoisotopic (exact) mass is 398 g/mol. The lowest BCUT2D eigenvalue weighted by atomic mass is 10.1. The summed E-state index contributed by atoms with van der Waals surface area (Å²) in [6, 6.07) is 11.6. The molecular formula is C17H16Cl2N2O3S. The van der Waals surface area contributed by atoms with E-state index in [2.05, 4.69) is 6.07 Å². The van der Waals surface area contributed by atoms with Crippen LogP contribution in [0.15, 0.2) is 41.3 Å². The van der Waals surface area contributed by atoms with Crippen molar-refractivity contribution in [3.05, 3.63) is 52.0 Å². The summed E-state index contributed by atoms with van der Waals surface area (Å²) in [6.07, 6.45) is 0.263. The first-order valence-corrected chi connectivity index (χ1v) is 9.57. The van der Waals surface area contributed by atoms with Crippen molar-refractivity contribution in [2.24, 2.45) is 0 Å². The lowest BCUT2D eigenvalue weighted by Crippen LogP contribution is -2.31. The number of rotatable bonds is 6. The minimum absolute atomic E-state index is 0.0469. The van der Waals surface area contributed by atoms with Gasteiger partial charge in [-0.2, -0.15) is 5.26 Å². The van der Waals surface area contributed by atoms with Gasteiger partial charge in [-0.15, -0.1) is 0 Å². The lowest BCUT2D eigenvalue weighted by Gasteiger charge is -2.24. The lowest BCUT2D eigenvalue weighted by molar-refractivity contribution is 0.414. The van der Waals surface area contributed by atoms with Gasteiger partial charge in [0, 0.05) is 6.54 Å². The molecule has 0 heterocycles. The molecule has 0 aliphatic rings. The summed E-state index contributed by atoms with van der Waals surface area (Å²) >= 11 is 12.2. The van der Waals surface area contributed by atoms with Gasteiger partial charge in [-0.1, -0.05) is 35.3 Å². The summed E-state index contributed by atoms with van der Waals surface area (Å²) in [5.41, 5.74) is 1.29. The third kappa shape index (κ3) is 3.84. The maximum atomic E-state index is 13.0. The highest BCUT2D eigenvalue weighted by atomic mass is 35.5.